The Balaban J connectivity index is 2.15. The smallest absolute Gasteiger partial charge is 0.295 e. The second kappa shape index (κ2) is 6.39. The van der Waals surface area contributed by atoms with Crippen LogP contribution in [-0.4, -0.2) is 22.2 Å². The van der Waals surface area contributed by atoms with Crippen molar-refractivity contribution in [3.8, 4) is 0 Å². The van der Waals surface area contributed by atoms with Gasteiger partial charge in [0.05, 0.1) is 16.6 Å². The van der Waals surface area contributed by atoms with Crippen LogP contribution >= 0.6 is 0 Å². The Morgan fingerprint density at radius 3 is 2.52 bits per heavy atom. The number of aliphatic hydroxyl groups is 1. The lowest BCUT2D eigenvalue weighted by Gasteiger charge is -2.27. The van der Waals surface area contributed by atoms with Crippen molar-refractivity contribution in [2.45, 2.75) is 51.0 Å². The maximum Gasteiger partial charge on any atom is 0.295 e. The van der Waals surface area contributed by atoms with Gasteiger partial charge in [0.25, 0.3) is 5.69 Å². The molecular formula is C15H21FN2O3. The standard InChI is InChI=1S/C15H21FN2O3/c1-11-8-13(14(18(20)21)9-12(11)16)17-10-15(19)6-4-2-3-5-7-15/h8-9,17,19H,2-7,10H2,1H3. The van der Waals surface area contributed by atoms with Crippen molar-refractivity contribution < 1.29 is 14.4 Å². The molecule has 0 atom stereocenters. The molecule has 1 aliphatic rings. The van der Waals surface area contributed by atoms with Crippen molar-refractivity contribution in [1.29, 1.82) is 0 Å². The number of nitro benzene ring substituents is 1. The lowest BCUT2D eigenvalue weighted by molar-refractivity contribution is -0.384. The van der Waals surface area contributed by atoms with E-state index in [2.05, 4.69) is 5.32 Å². The Labute approximate surface area is 123 Å². The highest BCUT2D eigenvalue weighted by atomic mass is 19.1. The molecule has 0 amide bonds. The van der Waals surface area contributed by atoms with Crippen LogP contribution in [-0.2, 0) is 0 Å². The average molecular weight is 296 g/mol. The van der Waals surface area contributed by atoms with Crippen LogP contribution in [0.4, 0.5) is 15.8 Å². The minimum Gasteiger partial charge on any atom is -0.388 e. The molecule has 1 aliphatic carbocycles. The molecule has 0 aromatic heterocycles. The number of benzene rings is 1. The van der Waals surface area contributed by atoms with Gasteiger partial charge < -0.3 is 10.4 Å². The van der Waals surface area contributed by atoms with Crippen molar-refractivity contribution in [2.24, 2.45) is 0 Å². The molecular weight excluding hydrogens is 275 g/mol. The summed E-state index contributed by atoms with van der Waals surface area (Å²) in [5.74, 6) is -0.597. The third-order valence-electron chi connectivity index (χ3n) is 4.12. The maximum atomic E-state index is 13.5. The summed E-state index contributed by atoms with van der Waals surface area (Å²) in [6, 6.07) is 2.35. The number of anilines is 1. The second-order valence-corrected chi connectivity index (χ2v) is 5.87. The molecule has 1 aromatic rings. The van der Waals surface area contributed by atoms with E-state index in [0.29, 0.717) is 18.4 Å². The van der Waals surface area contributed by atoms with Crippen LogP contribution in [0.25, 0.3) is 0 Å². The van der Waals surface area contributed by atoms with E-state index in [1.807, 2.05) is 0 Å². The quantitative estimate of drug-likeness (QED) is 0.506. The molecule has 2 rings (SSSR count). The highest BCUT2D eigenvalue weighted by Crippen LogP contribution is 2.31. The number of hydrogen-bond acceptors (Lipinski definition) is 4. The van der Waals surface area contributed by atoms with Crippen LogP contribution in [0.15, 0.2) is 12.1 Å². The molecule has 116 valence electrons. The molecule has 21 heavy (non-hydrogen) atoms. The molecule has 0 saturated heterocycles. The fraction of sp³-hybridized carbons (Fsp3) is 0.600. The van der Waals surface area contributed by atoms with Gasteiger partial charge in [-0.05, 0) is 31.4 Å². The van der Waals surface area contributed by atoms with Crippen LogP contribution in [0, 0.1) is 22.9 Å². The number of nitro groups is 1. The van der Waals surface area contributed by atoms with Crippen molar-refractivity contribution in [2.75, 3.05) is 11.9 Å². The van der Waals surface area contributed by atoms with Crippen LogP contribution < -0.4 is 5.32 Å². The van der Waals surface area contributed by atoms with Crippen molar-refractivity contribution in [3.05, 3.63) is 33.6 Å². The van der Waals surface area contributed by atoms with Crippen LogP contribution in [0.5, 0.6) is 0 Å². The Morgan fingerprint density at radius 1 is 1.33 bits per heavy atom. The zero-order valence-electron chi connectivity index (χ0n) is 12.2. The molecule has 1 fully saturated rings. The van der Waals surface area contributed by atoms with Gasteiger partial charge in [0.2, 0.25) is 0 Å². The van der Waals surface area contributed by atoms with Gasteiger partial charge >= 0.3 is 0 Å². The number of hydrogen-bond donors (Lipinski definition) is 2. The molecule has 0 unspecified atom stereocenters. The predicted octanol–water partition coefficient (Wildman–Crippen LogP) is 3.54. The van der Waals surface area contributed by atoms with Crippen LogP contribution in [0.2, 0.25) is 0 Å². The average Bonchev–Trinajstić information content (AvgIpc) is 2.65. The minimum absolute atomic E-state index is 0.249. The summed E-state index contributed by atoms with van der Waals surface area (Å²) in [5.41, 5.74) is -0.532. The zero-order valence-corrected chi connectivity index (χ0v) is 12.2. The summed E-state index contributed by atoms with van der Waals surface area (Å²) in [6.07, 6.45) is 5.52. The van der Waals surface area contributed by atoms with Gasteiger partial charge in [0.15, 0.2) is 0 Å². The number of halogens is 1. The summed E-state index contributed by atoms with van der Waals surface area (Å²) in [7, 11) is 0. The second-order valence-electron chi connectivity index (χ2n) is 5.87. The van der Waals surface area contributed by atoms with Gasteiger partial charge in [0.1, 0.15) is 11.5 Å². The molecule has 1 saturated carbocycles. The molecule has 0 aliphatic heterocycles. The van der Waals surface area contributed by atoms with Gasteiger partial charge in [-0.3, -0.25) is 10.1 Å². The van der Waals surface area contributed by atoms with Crippen LogP contribution in [0.3, 0.4) is 0 Å². The first kappa shape index (κ1) is 15.7. The fourth-order valence-corrected chi connectivity index (χ4v) is 2.79. The highest BCUT2D eigenvalue weighted by Gasteiger charge is 2.28. The van der Waals surface area contributed by atoms with Gasteiger partial charge in [-0.15, -0.1) is 0 Å². The Hall–Kier alpha value is -1.69. The largest absolute Gasteiger partial charge is 0.388 e. The third-order valence-corrected chi connectivity index (χ3v) is 4.12. The summed E-state index contributed by atoms with van der Waals surface area (Å²) in [5, 5.41) is 24.5. The molecule has 5 nitrogen and oxygen atoms in total. The number of nitrogens with one attached hydrogen (secondary N) is 1. The first-order valence-electron chi connectivity index (χ1n) is 7.32. The summed E-state index contributed by atoms with van der Waals surface area (Å²) < 4.78 is 13.5. The van der Waals surface area contributed by atoms with E-state index in [-0.39, 0.29) is 17.9 Å². The van der Waals surface area contributed by atoms with Crippen LogP contribution in [0.1, 0.15) is 44.1 Å². The first-order chi connectivity index (χ1) is 9.91. The summed E-state index contributed by atoms with van der Waals surface area (Å²) in [4.78, 5) is 10.4. The molecule has 2 N–H and O–H groups in total. The molecule has 0 bridgehead atoms. The SMILES string of the molecule is Cc1cc(NCC2(O)CCCCCC2)c([N+](=O)[O-])cc1F. The maximum absolute atomic E-state index is 13.5. The zero-order chi connectivity index (χ0) is 15.5. The van der Waals surface area contributed by atoms with E-state index in [4.69, 9.17) is 0 Å². The highest BCUT2D eigenvalue weighted by molar-refractivity contribution is 5.63. The van der Waals surface area contributed by atoms with E-state index in [9.17, 15) is 19.6 Å². The Bertz CT molecular complexity index is 526. The van der Waals surface area contributed by atoms with Gasteiger partial charge in [-0.2, -0.15) is 0 Å². The molecule has 0 radical (unpaired) electrons. The lowest BCUT2D eigenvalue weighted by atomic mass is 9.94. The van der Waals surface area contributed by atoms with E-state index in [1.165, 1.54) is 6.07 Å². The Kier molecular flexibility index (Phi) is 4.77. The summed E-state index contributed by atoms with van der Waals surface area (Å²) >= 11 is 0. The minimum atomic E-state index is -0.841. The fourth-order valence-electron chi connectivity index (χ4n) is 2.79. The number of aryl methyl sites for hydroxylation is 1. The topological polar surface area (TPSA) is 75.4 Å². The van der Waals surface area contributed by atoms with Crippen molar-refractivity contribution in [3.63, 3.8) is 0 Å². The Morgan fingerprint density at radius 2 is 1.95 bits per heavy atom. The van der Waals surface area contributed by atoms with E-state index >= 15 is 0 Å². The molecule has 0 heterocycles. The first-order valence-corrected chi connectivity index (χ1v) is 7.32. The lowest BCUT2D eigenvalue weighted by Crippen LogP contribution is -2.36. The summed E-state index contributed by atoms with van der Waals surface area (Å²) in [6.45, 7) is 1.81. The number of nitrogens with zero attached hydrogens (tertiary/aromatic N) is 1. The van der Waals surface area contributed by atoms with Gasteiger partial charge in [0, 0.05) is 6.54 Å². The normalized spacial score (nSPS) is 18.0. The van der Waals surface area contributed by atoms with Gasteiger partial charge in [-0.1, -0.05) is 25.7 Å². The van der Waals surface area contributed by atoms with Crippen molar-refractivity contribution in [1.82, 2.24) is 0 Å². The number of rotatable bonds is 4. The molecule has 1 aromatic carbocycles. The predicted molar refractivity (Wildman–Crippen MR) is 78.9 cm³/mol. The van der Waals surface area contributed by atoms with E-state index < -0.39 is 16.3 Å². The van der Waals surface area contributed by atoms with E-state index in [0.717, 1.165) is 31.7 Å². The van der Waals surface area contributed by atoms with E-state index in [1.54, 1.807) is 6.92 Å². The monoisotopic (exact) mass is 296 g/mol. The molecule has 0 spiro atoms. The van der Waals surface area contributed by atoms with Gasteiger partial charge in [-0.25, -0.2) is 4.39 Å². The third kappa shape index (κ3) is 3.91. The molecule has 6 heteroatoms. The van der Waals surface area contributed by atoms with Crippen molar-refractivity contribution >= 4 is 11.4 Å².